The summed E-state index contributed by atoms with van der Waals surface area (Å²) in [6, 6.07) is 5.83. The van der Waals surface area contributed by atoms with Crippen LogP contribution in [0.25, 0.3) is 0 Å². The number of nitrogens with zero attached hydrogens (tertiary/aromatic N) is 1. The molecule has 2 rings (SSSR count). The molecular formula is C13H19ClN2. The van der Waals surface area contributed by atoms with E-state index in [1.807, 2.05) is 12.1 Å². The van der Waals surface area contributed by atoms with Crippen LogP contribution in [0.5, 0.6) is 0 Å². The third kappa shape index (κ3) is 2.89. The van der Waals surface area contributed by atoms with E-state index in [0.29, 0.717) is 0 Å². The molecule has 1 saturated heterocycles. The molecule has 88 valence electrons. The molecular weight excluding hydrogens is 220 g/mol. The van der Waals surface area contributed by atoms with Crippen molar-refractivity contribution in [1.82, 2.24) is 4.90 Å². The quantitative estimate of drug-likeness (QED) is 0.820. The van der Waals surface area contributed by atoms with Gasteiger partial charge in [0, 0.05) is 23.8 Å². The van der Waals surface area contributed by atoms with Gasteiger partial charge in [-0.2, -0.15) is 0 Å². The number of rotatable bonds is 3. The fourth-order valence-electron chi connectivity index (χ4n) is 2.41. The summed E-state index contributed by atoms with van der Waals surface area (Å²) in [5, 5.41) is 0.737. The van der Waals surface area contributed by atoms with Gasteiger partial charge in [0.1, 0.15) is 0 Å². The Labute approximate surface area is 102 Å². The van der Waals surface area contributed by atoms with Crippen LogP contribution in [0.3, 0.4) is 0 Å². The van der Waals surface area contributed by atoms with Gasteiger partial charge in [-0.15, -0.1) is 0 Å². The molecule has 0 saturated carbocycles. The maximum absolute atomic E-state index is 5.99. The molecule has 2 nitrogen and oxygen atoms in total. The van der Waals surface area contributed by atoms with Crippen LogP contribution in [0, 0.1) is 5.92 Å². The number of anilines is 1. The number of nitrogens with two attached hydrogens (primary N) is 1. The van der Waals surface area contributed by atoms with Crippen LogP contribution >= 0.6 is 11.6 Å². The monoisotopic (exact) mass is 238 g/mol. The second-order valence-corrected chi connectivity index (χ2v) is 5.13. The first-order valence-corrected chi connectivity index (χ1v) is 6.32. The molecule has 0 spiro atoms. The van der Waals surface area contributed by atoms with Gasteiger partial charge >= 0.3 is 0 Å². The van der Waals surface area contributed by atoms with Crippen molar-refractivity contribution >= 4 is 17.3 Å². The van der Waals surface area contributed by atoms with Crippen LogP contribution in [0.2, 0.25) is 5.02 Å². The Kier molecular flexibility index (Phi) is 3.72. The lowest BCUT2D eigenvalue weighted by Crippen LogP contribution is -2.20. The van der Waals surface area contributed by atoms with Crippen LogP contribution in [0.1, 0.15) is 25.3 Å². The molecule has 0 radical (unpaired) electrons. The maximum atomic E-state index is 5.99. The van der Waals surface area contributed by atoms with Gasteiger partial charge in [0.05, 0.1) is 0 Å². The Hall–Kier alpha value is -0.730. The van der Waals surface area contributed by atoms with E-state index in [-0.39, 0.29) is 0 Å². The Morgan fingerprint density at radius 3 is 2.88 bits per heavy atom. The lowest BCUT2D eigenvalue weighted by molar-refractivity contribution is 0.315. The van der Waals surface area contributed by atoms with Crippen LogP contribution in [-0.2, 0) is 6.54 Å². The van der Waals surface area contributed by atoms with Crippen molar-refractivity contribution in [3.8, 4) is 0 Å². The maximum Gasteiger partial charge on any atom is 0.0429 e. The Bertz CT molecular complexity index is 345. The smallest absolute Gasteiger partial charge is 0.0429 e. The lowest BCUT2D eigenvalue weighted by Gasteiger charge is -2.16. The molecule has 1 fully saturated rings. The second-order valence-electron chi connectivity index (χ2n) is 4.69. The van der Waals surface area contributed by atoms with Gasteiger partial charge in [0.25, 0.3) is 0 Å². The van der Waals surface area contributed by atoms with Gasteiger partial charge in [-0.3, -0.25) is 4.90 Å². The first-order valence-electron chi connectivity index (χ1n) is 5.94. The van der Waals surface area contributed by atoms with Crippen molar-refractivity contribution in [2.75, 3.05) is 18.8 Å². The van der Waals surface area contributed by atoms with E-state index >= 15 is 0 Å². The largest absolute Gasteiger partial charge is 0.399 e. The van der Waals surface area contributed by atoms with Gasteiger partial charge in [0.15, 0.2) is 0 Å². The molecule has 0 bridgehead atoms. The highest BCUT2D eigenvalue weighted by Crippen LogP contribution is 2.23. The zero-order valence-corrected chi connectivity index (χ0v) is 10.5. The minimum absolute atomic E-state index is 0.737. The van der Waals surface area contributed by atoms with Gasteiger partial charge in [-0.25, -0.2) is 0 Å². The first kappa shape index (κ1) is 11.7. The summed E-state index contributed by atoms with van der Waals surface area (Å²) in [6.45, 7) is 5.65. The molecule has 3 heteroatoms. The molecule has 1 aromatic rings. The Morgan fingerprint density at radius 2 is 2.25 bits per heavy atom. The number of likely N-dealkylation sites (tertiary alicyclic amines) is 1. The van der Waals surface area contributed by atoms with E-state index in [2.05, 4.69) is 11.8 Å². The fraction of sp³-hybridized carbons (Fsp3) is 0.538. The van der Waals surface area contributed by atoms with E-state index in [1.165, 1.54) is 31.5 Å². The van der Waals surface area contributed by atoms with E-state index < -0.39 is 0 Å². The molecule has 2 N–H and O–H groups in total. The zero-order valence-electron chi connectivity index (χ0n) is 9.75. The molecule has 1 unspecified atom stereocenters. The number of benzene rings is 1. The number of nitrogen functional groups attached to an aromatic ring is 1. The first-order chi connectivity index (χ1) is 7.67. The predicted molar refractivity (Wildman–Crippen MR) is 69.5 cm³/mol. The SMILES string of the molecule is CCC1CCN(Cc2cc(N)cc(Cl)c2)C1. The molecule has 16 heavy (non-hydrogen) atoms. The van der Waals surface area contributed by atoms with Crippen molar-refractivity contribution in [2.24, 2.45) is 5.92 Å². The van der Waals surface area contributed by atoms with Crippen LogP contribution < -0.4 is 5.73 Å². The van der Waals surface area contributed by atoms with E-state index in [9.17, 15) is 0 Å². The molecule has 1 aromatic carbocycles. The molecule has 0 aromatic heterocycles. The Morgan fingerprint density at radius 1 is 1.44 bits per heavy atom. The van der Waals surface area contributed by atoms with E-state index in [1.54, 1.807) is 6.07 Å². The minimum atomic E-state index is 0.737. The van der Waals surface area contributed by atoms with Gasteiger partial charge < -0.3 is 5.73 Å². The van der Waals surface area contributed by atoms with Crippen molar-refractivity contribution in [3.05, 3.63) is 28.8 Å². The standard InChI is InChI=1S/C13H19ClN2/c1-2-10-3-4-16(8-10)9-11-5-12(14)7-13(15)6-11/h5-7,10H,2-4,8-9,15H2,1H3. The molecule has 0 aliphatic carbocycles. The number of halogens is 1. The third-order valence-corrected chi connectivity index (χ3v) is 3.55. The molecule has 0 amide bonds. The Balaban J connectivity index is 1.99. The average molecular weight is 239 g/mol. The minimum Gasteiger partial charge on any atom is -0.399 e. The van der Waals surface area contributed by atoms with Crippen LogP contribution in [-0.4, -0.2) is 18.0 Å². The average Bonchev–Trinajstić information content (AvgIpc) is 2.64. The van der Waals surface area contributed by atoms with Crippen molar-refractivity contribution in [1.29, 1.82) is 0 Å². The fourth-order valence-corrected chi connectivity index (χ4v) is 2.68. The molecule has 1 atom stereocenters. The van der Waals surface area contributed by atoms with Crippen LogP contribution in [0.4, 0.5) is 5.69 Å². The third-order valence-electron chi connectivity index (χ3n) is 3.33. The molecule has 1 aliphatic rings. The molecule has 1 aliphatic heterocycles. The summed E-state index contributed by atoms with van der Waals surface area (Å²) in [6.07, 6.45) is 2.61. The topological polar surface area (TPSA) is 29.3 Å². The molecule has 1 heterocycles. The number of hydrogen-bond donors (Lipinski definition) is 1. The van der Waals surface area contributed by atoms with Gasteiger partial charge in [0.2, 0.25) is 0 Å². The highest BCUT2D eigenvalue weighted by molar-refractivity contribution is 6.30. The highest BCUT2D eigenvalue weighted by atomic mass is 35.5. The second kappa shape index (κ2) is 5.07. The number of hydrogen-bond acceptors (Lipinski definition) is 2. The summed E-state index contributed by atoms with van der Waals surface area (Å²) < 4.78 is 0. The summed E-state index contributed by atoms with van der Waals surface area (Å²) in [5.74, 6) is 0.872. The lowest BCUT2D eigenvalue weighted by atomic mass is 10.1. The summed E-state index contributed by atoms with van der Waals surface area (Å²) in [4.78, 5) is 2.49. The van der Waals surface area contributed by atoms with Gasteiger partial charge in [-0.1, -0.05) is 24.9 Å². The predicted octanol–water partition coefficient (Wildman–Crippen LogP) is 3.15. The van der Waals surface area contributed by atoms with Crippen molar-refractivity contribution < 1.29 is 0 Å². The van der Waals surface area contributed by atoms with Crippen molar-refractivity contribution in [2.45, 2.75) is 26.3 Å². The summed E-state index contributed by atoms with van der Waals surface area (Å²) in [5.41, 5.74) is 7.77. The van der Waals surface area contributed by atoms with Crippen molar-refractivity contribution in [3.63, 3.8) is 0 Å². The van der Waals surface area contributed by atoms with E-state index in [0.717, 1.165) is 23.2 Å². The van der Waals surface area contributed by atoms with E-state index in [4.69, 9.17) is 17.3 Å². The normalized spacial score (nSPS) is 21.5. The summed E-state index contributed by atoms with van der Waals surface area (Å²) >= 11 is 5.99. The van der Waals surface area contributed by atoms with Gasteiger partial charge in [-0.05, 0) is 42.6 Å². The summed E-state index contributed by atoms with van der Waals surface area (Å²) in [7, 11) is 0. The van der Waals surface area contributed by atoms with Crippen LogP contribution in [0.15, 0.2) is 18.2 Å². The highest BCUT2D eigenvalue weighted by Gasteiger charge is 2.20. The zero-order chi connectivity index (χ0) is 11.5.